The third-order valence-electron chi connectivity index (χ3n) is 7.05. The lowest BCUT2D eigenvalue weighted by Crippen LogP contribution is -2.37. The molecule has 1 aliphatic rings. The molecule has 1 fully saturated rings. The van der Waals surface area contributed by atoms with Gasteiger partial charge in [0.2, 0.25) is 15.9 Å². The van der Waals surface area contributed by atoms with Crippen molar-refractivity contribution in [2.45, 2.75) is 56.7 Å². The summed E-state index contributed by atoms with van der Waals surface area (Å²) in [6.45, 7) is 5.01. The third kappa shape index (κ3) is 5.83. The van der Waals surface area contributed by atoms with Crippen molar-refractivity contribution in [1.82, 2.24) is 9.29 Å². The number of fused-ring (bicyclic) bond motifs is 1. The number of nitrogens with one attached hydrogen (secondary N) is 1. The molecule has 4 aromatic rings. The summed E-state index contributed by atoms with van der Waals surface area (Å²) in [5, 5.41) is 0.478. The van der Waals surface area contributed by atoms with Gasteiger partial charge in [-0.3, -0.25) is 9.52 Å². The molecule has 1 aliphatic carbocycles. The van der Waals surface area contributed by atoms with Crippen LogP contribution in [0, 0.1) is 0 Å². The van der Waals surface area contributed by atoms with Gasteiger partial charge in [-0.1, -0.05) is 84.4 Å². The quantitative estimate of drug-likeness (QED) is 0.246. The van der Waals surface area contributed by atoms with Crippen LogP contribution in [-0.4, -0.2) is 24.1 Å². The maximum Gasteiger partial charge on any atom is 0.241 e. The van der Waals surface area contributed by atoms with Gasteiger partial charge in [0.15, 0.2) is 0 Å². The van der Waals surface area contributed by atoms with E-state index in [2.05, 4.69) is 63.3 Å². The molecule has 7 heteroatoms. The Morgan fingerprint density at radius 3 is 2.35 bits per heavy atom. The van der Waals surface area contributed by atoms with Gasteiger partial charge in [-0.05, 0) is 65.6 Å². The first-order valence-electron chi connectivity index (χ1n) is 12.7. The summed E-state index contributed by atoms with van der Waals surface area (Å²) in [5.41, 5.74) is 5.26. The number of carbonyl (C=O) groups is 1. The van der Waals surface area contributed by atoms with E-state index in [1.165, 1.54) is 5.56 Å². The predicted octanol–water partition coefficient (Wildman–Crippen LogP) is 6.51. The van der Waals surface area contributed by atoms with Gasteiger partial charge in [0.1, 0.15) is 0 Å². The lowest BCUT2D eigenvalue weighted by Gasteiger charge is -2.17. The van der Waals surface area contributed by atoms with E-state index in [-0.39, 0.29) is 0 Å². The van der Waals surface area contributed by atoms with Gasteiger partial charge in [0.25, 0.3) is 0 Å². The van der Waals surface area contributed by atoms with Crippen LogP contribution in [0.25, 0.3) is 10.9 Å². The lowest BCUT2D eigenvalue weighted by atomic mass is 9.91. The number of benzene rings is 3. The van der Waals surface area contributed by atoms with Gasteiger partial charge in [-0.25, -0.2) is 8.42 Å². The highest BCUT2D eigenvalue weighted by Crippen LogP contribution is 2.34. The monoisotopic (exact) mass is 578 g/mol. The van der Waals surface area contributed by atoms with Gasteiger partial charge < -0.3 is 4.57 Å². The summed E-state index contributed by atoms with van der Waals surface area (Å²) in [5.74, 6) is -0.664. The van der Waals surface area contributed by atoms with Crippen molar-refractivity contribution in [3.05, 3.63) is 106 Å². The molecule has 37 heavy (non-hydrogen) atoms. The van der Waals surface area contributed by atoms with Crippen LogP contribution in [0.4, 0.5) is 0 Å². The minimum Gasteiger partial charge on any atom is -0.343 e. The second kappa shape index (κ2) is 10.5. The van der Waals surface area contributed by atoms with Crippen molar-refractivity contribution >= 4 is 42.8 Å². The number of carbonyl (C=O) groups excluding carboxylic acids is 1. The van der Waals surface area contributed by atoms with E-state index in [0.29, 0.717) is 31.7 Å². The van der Waals surface area contributed by atoms with Crippen molar-refractivity contribution in [2.75, 3.05) is 0 Å². The molecule has 0 aliphatic heterocycles. The highest BCUT2D eigenvalue weighted by atomic mass is 79.9. The van der Waals surface area contributed by atoms with E-state index in [1.807, 2.05) is 54.7 Å². The number of amides is 1. The number of nitrogens with zero attached hydrogens (tertiary/aromatic N) is 1. The lowest BCUT2D eigenvalue weighted by molar-refractivity contribution is -0.120. The van der Waals surface area contributed by atoms with Crippen LogP contribution in [0.3, 0.4) is 0 Å². The first kappa shape index (κ1) is 25.7. The Morgan fingerprint density at radius 2 is 1.70 bits per heavy atom. The molecule has 1 heterocycles. The van der Waals surface area contributed by atoms with Gasteiger partial charge in [0.05, 0.1) is 11.2 Å². The summed E-state index contributed by atoms with van der Waals surface area (Å²) in [6.07, 6.45) is 3.63. The zero-order valence-electron chi connectivity index (χ0n) is 21.0. The molecule has 0 radical (unpaired) electrons. The van der Waals surface area contributed by atoms with E-state index < -0.39 is 27.1 Å². The van der Waals surface area contributed by atoms with Crippen molar-refractivity contribution < 1.29 is 13.2 Å². The largest absolute Gasteiger partial charge is 0.343 e. The molecule has 5 nitrogen and oxygen atoms in total. The molecule has 1 unspecified atom stereocenters. The number of rotatable bonds is 9. The zero-order valence-corrected chi connectivity index (χ0v) is 23.4. The predicted molar refractivity (Wildman–Crippen MR) is 152 cm³/mol. The Hall–Kier alpha value is -2.90. The molecular weight excluding hydrogens is 548 g/mol. The molecule has 0 bridgehead atoms. The molecule has 0 saturated heterocycles. The van der Waals surface area contributed by atoms with Crippen LogP contribution in [0.2, 0.25) is 0 Å². The van der Waals surface area contributed by atoms with E-state index in [9.17, 15) is 13.2 Å². The number of aromatic nitrogens is 1. The van der Waals surface area contributed by atoms with Crippen LogP contribution in [0.1, 0.15) is 60.8 Å². The second-order valence-corrected chi connectivity index (χ2v) is 13.1. The first-order chi connectivity index (χ1) is 17.7. The van der Waals surface area contributed by atoms with Gasteiger partial charge in [-0.2, -0.15) is 0 Å². The molecule has 1 N–H and O–H groups in total. The van der Waals surface area contributed by atoms with Crippen LogP contribution in [-0.2, 0) is 27.8 Å². The standard InChI is InChI=1S/C30H31BrN2O3S/c1-20(2)23-10-8-22(9-11-23)18-33-19-28(26-17-24(31)12-15-29(26)33)27(16-21-6-4-3-5-7-21)30(34)32-37(35,36)25-13-14-25/h3-12,15,17,19-20,25,27H,13-14,16,18H2,1-2H3,(H,32,34). The maximum atomic E-state index is 13.6. The fraction of sp³-hybridized carbons (Fsp3) is 0.300. The number of sulfonamides is 1. The number of hydrogen-bond acceptors (Lipinski definition) is 3. The zero-order chi connectivity index (χ0) is 26.2. The average molecular weight is 580 g/mol. The summed E-state index contributed by atoms with van der Waals surface area (Å²) in [4.78, 5) is 13.6. The molecule has 3 aromatic carbocycles. The normalized spacial score (nSPS) is 14.7. The minimum atomic E-state index is -3.66. The highest BCUT2D eigenvalue weighted by molar-refractivity contribution is 9.10. The Kier molecular flexibility index (Phi) is 7.28. The van der Waals surface area contributed by atoms with Crippen molar-refractivity contribution in [3.8, 4) is 0 Å². The number of hydrogen-bond donors (Lipinski definition) is 1. The molecular formula is C30H31BrN2O3S. The summed E-state index contributed by atoms with van der Waals surface area (Å²) in [6, 6.07) is 24.4. The van der Waals surface area contributed by atoms with Crippen LogP contribution in [0.5, 0.6) is 0 Å². The van der Waals surface area contributed by atoms with Crippen molar-refractivity contribution in [1.29, 1.82) is 0 Å². The van der Waals surface area contributed by atoms with Crippen molar-refractivity contribution in [3.63, 3.8) is 0 Å². The first-order valence-corrected chi connectivity index (χ1v) is 15.0. The third-order valence-corrected chi connectivity index (χ3v) is 9.38. The number of halogens is 1. The smallest absolute Gasteiger partial charge is 0.241 e. The molecule has 5 rings (SSSR count). The fourth-order valence-electron chi connectivity index (χ4n) is 4.78. The van der Waals surface area contributed by atoms with Crippen molar-refractivity contribution in [2.24, 2.45) is 0 Å². The van der Waals surface area contributed by atoms with E-state index in [4.69, 9.17) is 0 Å². The van der Waals surface area contributed by atoms with Crippen LogP contribution >= 0.6 is 15.9 Å². The van der Waals surface area contributed by atoms with E-state index in [1.54, 1.807) is 0 Å². The Labute approximate surface area is 227 Å². The topological polar surface area (TPSA) is 68.2 Å². The molecule has 1 atom stereocenters. The molecule has 1 saturated carbocycles. The van der Waals surface area contributed by atoms with E-state index >= 15 is 0 Å². The molecule has 1 aromatic heterocycles. The van der Waals surface area contributed by atoms with E-state index in [0.717, 1.165) is 32.1 Å². The van der Waals surface area contributed by atoms with Gasteiger partial charge in [-0.15, -0.1) is 0 Å². The Balaban J connectivity index is 1.56. The average Bonchev–Trinajstić information content (AvgIpc) is 3.68. The Bertz CT molecular complexity index is 1520. The minimum absolute atomic E-state index is 0.404. The van der Waals surface area contributed by atoms with Crippen LogP contribution in [0.15, 0.2) is 83.5 Å². The highest BCUT2D eigenvalue weighted by Gasteiger charge is 2.38. The molecule has 0 spiro atoms. The molecule has 1 amide bonds. The fourth-order valence-corrected chi connectivity index (χ4v) is 6.48. The van der Waals surface area contributed by atoms with Crippen LogP contribution < -0.4 is 4.72 Å². The maximum absolute atomic E-state index is 13.6. The SMILES string of the molecule is CC(C)c1ccc(Cn2cc(C(Cc3ccccc3)C(=O)NS(=O)(=O)C3CC3)c3cc(Br)ccc32)cc1. The molecule has 192 valence electrons. The Morgan fingerprint density at radius 1 is 1.00 bits per heavy atom. The summed E-state index contributed by atoms with van der Waals surface area (Å²) >= 11 is 3.59. The summed E-state index contributed by atoms with van der Waals surface area (Å²) < 4.78 is 30.8. The van der Waals surface area contributed by atoms with Gasteiger partial charge in [0, 0.05) is 28.1 Å². The second-order valence-electron chi connectivity index (χ2n) is 10.2. The van der Waals surface area contributed by atoms with Gasteiger partial charge >= 0.3 is 0 Å². The summed E-state index contributed by atoms with van der Waals surface area (Å²) in [7, 11) is -3.66.